The molecule has 1 atom stereocenters. The summed E-state index contributed by atoms with van der Waals surface area (Å²) in [5, 5.41) is 5.80. The molecular weight excluding hydrogens is 414 g/mol. The van der Waals surface area contributed by atoms with Gasteiger partial charge in [-0.05, 0) is 48.2 Å². The lowest BCUT2D eigenvalue weighted by molar-refractivity contribution is -0.124. The van der Waals surface area contributed by atoms with E-state index in [0.717, 1.165) is 28.0 Å². The number of pyridine rings is 1. The lowest BCUT2D eigenvalue weighted by Crippen LogP contribution is -2.49. The Bertz CT molecular complexity index is 1280. The molecule has 7 heteroatoms. The van der Waals surface area contributed by atoms with Gasteiger partial charge in [-0.2, -0.15) is 0 Å². The van der Waals surface area contributed by atoms with E-state index in [1.807, 2.05) is 79.9 Å². The molecule has 0 radical (unpaired) electrons. The summed E-state index contributed by atoms with van der Waals surface area (Å²) in [6, 6.07) is 18.4. The van der Waals surface area contributed by atoms with Gasteiger partial charge in [-0.15, -0.1) is 0 Å². The molecule has 0 aliphatic carbocycles. The number of carbonyl (C=O) groups is 2. The standard InChI is InChI=1S/C26H27N5O2/c1-17(2)24(30-25(32)20-9-5-4-8-18(20)3)26(33)28-15-19-12-13-23(27-14-19)31-16-29-21-10-6-7-11-22(21)31/h4-14,16-17,24H,15H2,1-3H3,(H,28,33)(H,30,32). The molecule has 0 fully saturated rings. The summed E-state index contributed by atoms with van der Waals surface area (Å²) < 4.78 is 1.92. The zero-order chi connectivity index (χ0) is 23.4. The summed E-state index contributed by atoms with van der Waals surface area (Å²) in [7, 11) is 0. The van der Waals surface area contributed by atoms with Crippen LogP contribution in [0.25, 0.3) is 16.9 Å². The third-order valence-electron chi connectivity index (χ3n) is 5.60. The van der Waals surface area contributed by atoms with Crippen LogP contribution in [-0.4, -0.2) is 32.4 Å². The zero-order valence-corrected chi connectivity index (χ0v) is 18.9. The van der Waals surface area contributed by atoms with Gasteiger partial charge >= 0.3 is 0 Å². The third-order valence-corrected chi connectivity index (χ3v) is 5.60. The van der Waals surface area contributed by atoms with E-state index in [1.165, 1.54) is 0 Å². The van der Waals surface area contributed by atoms with Crippen LogP contribution in [0, 0.1) is 12.8 Å². The largest absolute Gasteiger partial charge is 0.350 e. The number of nitrogens with zero attached hydrogens (tertiary/aromatic N) is 3. The first-order valence-electron chi connectivity index (χ1n) is 11.0. The van der Waals surface area contributed by atoms with Crippen molar-refractivity contribution in [2.24, 2.45) is 5.92 Å². The van der Waals surface area contributed by atoms with Gasteiger partial charge in [-0.3, -0.25) is 14.2 Å². The molecule has 2 amide bonds. The number of para-hydroxylation sites is 2. The van der Waals surface area contributed by atoms with Crippen LogP contribution in [0.4, 0.5) is 0 Å². The Kier molecular flexibility index (Phi) is 6.49. The molecule has 2 aromatic carbocycles. The highest BCUT2D eigenvalue weighted by Crippen LogP contribution is 2.16. The Morgan fingerprint density at radius 3 is 2.45 bits per heavy atom. The predicted molar refractivity (Wildman–Crippen MR) is 128 cm³/mol. The molecule has 2 N–H and O–H groups in total. The van der Waals surface area contributed by atoms with Crippen LogP contribution in [0.1, 0.15) is 35.3 Å². The Labute approximate surface area is 192 Å². The average molecular weight is 442 g/mol. The molecule has 168 valence electrons. The molecule has 0 bridgehead atoms. The number of rotatable bonds is 7. The minimum atomic E-state index is -0.637. The number of amides is 2. The monoisotopic (exact) mass is 441 g/mol. The number of carbonyl (C=O) groups excluding carboxylic acids is 2. The molecule has 0 aliphatic rings. The van der Waals surface area contributed by atoms with Gasteiger partial charge in [0.2, 0.25) is 5.91 Å². The van der Waals surface area contributed by atoms with Crippen molar-refractivity contribution in [2.45, 2.75) is 33.4 Å². The molecule has 2 aromatic heterocycles. The summed E-state index contributed by atoms with van der Waals surface area (Å²) in [5.74, 6) is 0.217. The summed E-state index contributed by atoms with van der Waals surface area (Å²) in [6.45, 7) is 6.02. The Morgan fingerprint density at radius 1 is 0.970 bits per heavy atom. The van der Waals surface area contributed by atoms with Crippen LogP contribution in [0.5, 0.6) is 0 Å². The first kappa shape index (κ1) is 22.2. The van der Waals surface area contributed by atoms with E-state index in [2.05, 4.69) is 20.6 Å². The zero-order valence-electron chi connectivity index (χ0n) is 18.9. The van der Waals surface area contributed by atoms with Crippen LogP contribution < -0.4 is 10.6 Å². The van der Waals surface area contributed by atoms with Gasteiger partial charge in [0.1, 0.15) is 18.2 Å². The second-order valence-electron chi connectivity index (χ2n) is 8.36. The molecule has 1 unspecified atom stereocenters. The lowest BCUT2D eigenvalue weighted by atomic mass is 10.0. The van der Waals surface area contributed by atoms with Crippen molar-refractivity contribution in [3.05, 3.63) is 89.9 Å². The van der Waals surface area contributed by atoms with Crippen molar-refractivity contribution >= 4 is 22.8 Å². The fraction of sp³-hybridized carbons (Fsp3) is 0.231. The molecule has 0 saturated heterocycles. The van der Waals surface area contributed by atoms with Crippen molar-refractivity contribution in [3.8, 4) is 5.82 Å². The van der Waals surface area contributed by atoms with Crippen LogP contribution in [-0.2, 0) is 11.3 Å². The van der Waals surface area contributed by atoms with Crippen molar-refractivity contribution in [3.63, 3.8) is 0 Å². The van der Waals surface area contributed by atoms with Gasteiger partial charge in [0, 0.05) is 18.3 Å². The molecule has 2 heterocycles. The Morgan fingerprint density at radius 2 is 1.73 bits per heavy atom. The molecule has 7 nitrogen and oxygen atoms in total. The molecule has 4 aromatic rings. The quantitative estimate of drug-likeness (QED) is 0.457. The second kappa shape index (κ2) is 9.65. The maximum Gasteiger partial charge on any atom is 0.252 e. The number of aryl methyl sites for hydroxylation is 1. The lowest BCUT2D eigenvalue weighted by Gasteiger charge is -2.22. The summed E-state index contributed by atoms with van der Waals surface area (Å²) >= 11 is 0. The fourth-order valence-electron chi connectivity index (χ4n) is 3.69. The minimum Gasteiger partial charge on any atom is -0.350 e. The summed E-state index contributed by atoms with van der Waals surface area (Å²) in [4.78, 5) is 34.5. The number of hydrogen-bond donors (Lipinski definition) is 2. The van der Waals surface area contributed by atoms with Crippen molar-refractivity contribution in [1.82, 2.24) is 25.2 Å². The first-order valence-corrected chi connectivity index (χ1v) is 11.0. The van der Waals surface area contributed by atoms with Gasteiger partial charge in [0.25, 0.3) is 5.91 Å². The number of imidazole rings is 1. The van der Waals surface area contributed by atoms with E-state index in [0.29, 0.717) is 12.1 Å². The third kappa shape index (κ3) is 4.92. The van der Waals surface area contributed by atoms with Crippen molar-refractivity contribution in [2.75, 3.05) is 0 Å². The topological polar surface area (TPSA) is 88.9 Å². The van der Waals surface area contributed by atoms with E-state index in [4.69, 9.17) is 0 Å². The predicted octanol–water partition coefficient (Wildman–Crippen LogP) is 3.80. The van der Waals surface area contributed by atoms with E-state index in [-0.39, 0.29) is 17.7 Å². The van der Waals surface area contributed by atoms with E-state index in [1.54, 1.807) is 18.6 Å². The number of nitrogens with one attached hydrogen (secondary N) is 2. The molecular formula is C26H27N5O2. The maximum atomic E-state index is 12.9. The average Bonchev–Trinajstić information content (AvgIpc) is 3.25. The van der Waals surface area contributed by atoms with Crippen LogP contribution in [0.3, 0.4) is 0 Å². The van der Waals surface area contributed by atoms with Crippen LogP contribution in [0.2, 0.25) is 0 Å². The van der Waals surface area contributed by atoms with E-state index < -0.39 is 6.04 Å². The van der Waals surface area contributed by atoms with Crippen molar-refractivity contribution in [1.29, 1.82) is 0 Å². The van der Waals surface area contributed by atoms with E-state index in [9.17, 15) is 9.59 Å². The second-order valence-corrected chi connectivity index (χ2v) is 8.36. The molecule has 0 aliphatic heterocycles. The maximum absolute atomic E-state index is 12.9. The number of fused-ring (bicyclic) bond motifs is 1. The van der Waals surface area contributed by atoms with Gasteiger partial charge in [-0.25, -0.2) is 9.97 Å². The SMILES string of the molecule is Cc1ccccc1C(=O)NC(C(=O)NCc1ccc(-n2cnc3ccccc32)nc1)C(C)C. The van der Waals surface area contributed by atoms with Gasteiger partial charge in [0.05, 0.1) is 11.0 Å². The molecule has 4 rings (SSSR count). The Balaban J connectivity index is 1.40. The molecule has 0 spiro atoms. The Hall–Kier alpha value is -4.00. The summed E-state index contributed by atoms with van der Waals surface area (Å²) in [6.07, 6.45) is 3.49. The number of aromatic nitrogens is 3. The van der Waals surface area contributed by atoms with Crippen molar-refractivity contribution < 1.29 is 9.59 Å². The highest BCUT2D eigenvalue weighted by atomic mass is 16.2. The number of benzene rings is 2. The number of hydrogen-bond acceptors (Lipinski definition) is 4. The highest BCUT2D eigenvalue weighted by molar-refractivity contribution is 5.98. The normalized spacial score (nSPS) is 12.0. The smallest absolute Gasteiger partial charge is 0.252 e. The fourth-order valence-corrected chi connectivity index (χ4v) is 3.69. The minimum absolute atomic E-state index is 0.0620. The molecule has 0 saturated carbocycles. The van der Waals surface area contributed by atoms with E-state index >= 15 is 0 Å². The molecule has 33 heavy (non-hydrogen) atoms. The highest BCUT2D eigenvalue weighted by Gasteiger charge is 2.25. The first-order chi connectivity index (χ1) is 15.9. The van der Waals surface area contributed by atoms with Crippen LogP contribution in [0.15, 0.2) is 73.2 Å². The van der Waals surface area contributed by atoms with Gasteiger partial charge in [0.15, 0.2) is 0 Å². The van der Waals surface area contributed by atoms with Gasteiger partial charge in [-0.1, -0.05) is 50.2 Å². The van der Waals surface area contributed by atoms with Crippen LogP contribution >= 0.6 is 0 Å². The van der Waals surface area contributed by atoms with Gasteiger partial charge < -0.3 is 10.6 Å². The summed E-state index contributed by atoms with van der Waals surface area (Å²) in [5.41, 5.74) is 4.19.